The first-order valence-corrected chi connectivity index (χ1v) is 17.4. The predicted octanol–water partition coefficient (Wildman–Crippen LogP) is 8.67. The van der Waals surface area contributed by atoms with E-state index >= 15 is 0 Å². The van der Waals surface area contributed by atoms with Crippen LogP contribution in [-0.2, 0) is 16.1 Å². The van der Waals surface area contributed by atoms with Gasteiger partial charge in [0.25, 0.3) is 5.91 Å². The van der Waals surface area contributed by atoms with Crippen LogP contribution in [-0.4, -0.2) is 65.8 Å². The lowest BCUT2D eigenvalue weighted by Crippen LogP contribution is -2.53. The van der Waals surface area contributed by atoms with Crippen LogP contribution in [0.5, 0.6) is 11.5 Å². The lowest BCUT2D eigenvalue weighted by atomic mass is 9.87. The summed E-state index contributed by atoms with van der Waals surface area (Å²) in [7, 11) is 0. The van der Waals surface area contributed by atoms with E-state index < -0.39 is 17.7 Å². The molecule has 0 saturated heterocycles. The van der Waals surface area contributed by atoms with E-state index in [0.29, 0.717) is 50.1 Å². The van der Waals surface area contributed by atoms with Crippen molar-refractivity contribution in [1.82, 2.24) is 9.80 Å². The number of ether oxygens (including phenoxy) is 3. The molecule has 1 heterocycles. The Morgan fingerprint density at radius 1 is 0.896 bits per heavy atom. The maximum absolute atomic E-state index is 14.7. The minimum atomic E-state index is -0.714. The van der Waals surface area contributed by atoms with Crippen LogP contribution >= 0.6 is 46.4 Å². The molecule has 0 spiro atoms. The Morgan fingerprint density at radius 3 is 2.15 bits per heavy atom. The number of nitrogens with two attached hydrogens (primary N) is 1. The van der Waals surface area contributed by atoms with Crippen molar-refractivity contribution in [1.29, 1.82) is 0 Å². The Balaban J connectivity index is 1.42. The Hall–Kier alpha value is -3.14. The molecule has 1 atom stereocenters. The number of para-hydroxylation sites is 1. The molecule has 1 aliphatic heterocycles. The average Bonchev–Trinajstić information content (AvgIpc) is 3.89. The lowest BCUT2D eigenvalue weighted by Gasteiger charge is -2.40. The van der Waals surface area contributed by atoms with Crippen molar-refractivity contribution in [2.45, 2.75) is 64.3 Å². The molecule has 2 aliphatic rings. The van der Waals surface area contributed by atoms with Crippen molar-refractivity contribution in [3.63, 3.8) is 0 Å². The van der Waals surface area contributed by atoms with Gasteiger partial charge in [-0.05, 0) is 87.1 Å². The van der Waals surface area contributed by atoms with E-state index in [1.54, 1.807) is 29.2 Å². The van der Waals surface area contributed by atoms with Gasteiger partial charge in [0.05, 0.1) is 26.1 Å². The van der Waals surface area contributed by atoms with Crippen LogP contribution in [0.4, 0.5) is 4.79 Å². The van der Waals surface area contributed by atoms with E-state index in [-0.39, 0.29) is 38.3 Å². The second kappa shape index (κ2) is 15.6. The van der Waals surface area contributed by atoms with Crippen molar-refractivity contribution >= 4 is 64.0 Å². The fourth-order valence-corrected chi connectivity index (χ4v) is 6.56. The molecule has 2 N–H and O–H groups in total. The first kappa shape index (κ1) is 36.1. The van der Waals surface area contributed by atoms with Crippen LogP contribution in [0.2, 0.25) is 20.1 Å². The van der Waals surface area contributed by atoms with Crippen molar-refractivity contribution in [2.75, 3.05) is 26.3 Å². The number of hydrogen-bond donors (Lipinski definition) is 1. The van der Waals surface area contributed by atoms with E-state index in [1.807, 2.05) is 62.1 Å². The standard InChI is InChI=1S/C36H39Cl4N3O5/c1-36(2,3)48-35(45)42-17-16-26(22-10-14-25(15-11-22)46-18-19-47-33-28(38)8-5-9-29(33)39)31(30(42)20-41)34(44)43(24-12-13-24)21-23-6-4-7-27(37)32(23)40/h4-11,14-15,24,30H,12-13,16-21,41H2,1-3H3/t30-/m1/s1. The van der Waals surface area contributed by atoms with Crippen molar-refractivity contribution < 1.29 is 23.8 Å². The molecule has 0 bridgehead atoms. The molecule has 1 aliphatic carbocycles. The Kier molecular flexibility index (Phi) is 11.8. The smallest absolute Gasteiger partial charge is 0.410 e. The van der Waals surface area contributed by atoms with Crippen LogP contribution in [0.1, 0.15) is 51.2 Å². The first-order chi connectivity index (χ1) is 22.9. The van der Waals surface area contributed by atoms with E-state index in [0.717, 1.165) is 29.5 Å². The van der Waals surface area contributed by atoms with Crippen LogP contribution in [0.25, 0.3) is 5.57 Å². The molecule has 0 aromatic heterocycles. The molecule has 3 aromatic rings. The highest BCUT2D eigenvalue weighted by Gasteiger charge is 2.42. The highest BCUT2D eigenvalue weighted by atomic mass is 35.5. The van der Waals surface area contributed by atoms with Gasteiger partial charge >= 0.3 is 6.09 Å². The van der Waals surface area contributed by atoms with Crippen LogP contribution in [0.15, 0.2) is 66.2 Å². The monoisotopic (exact) mass is 733 g/mol. The van der Waals surface area contributed by atoms with E-state index in [1.165, 1.54) is 0 Å². The number of rotatable bonds is 11. The summed E-state index contributed by atoms with van der Waals surface area (Å²) in [6.07, 6.45) is 1.66. The maximum atomic E-state index is 14.7. The average molecular weight is 736 g/mol. The summed E-state index contributed by atoms with van der Waals surface area (Å²) < 4.78 is 17.4. The van der Waals surface area contributed by atoms with E-state index in [2.05, 4.69) is 0 Å². The maximum Gasteiger partial charge on any atom is 0.410 e. The summed E-state index contributed by atoms with van der Waals surface area (Å²) in [5.41, 5.74) is 8.53. The Bertz CT molecular complexity index is 1650. The topological polar surface area (TPSA) is 94.3 Å². The lowest BCUT2D eigenvalue weighted by molar-refractivity contribution is -0.129. The summed E-state index contributed by atoms with van der Waals surface area (Å²) in [6, 6.07) is 17.4. The van der Waals surface area contributed by atoms with Gasteiger partial charge in [-0.1, -0.05) is 76.7 Å². The third kappa shape index (κ3) is 8.71. The molecule has 0 unspecified atom stereocenters. The fourth-order valence-electron chi connectivity index (χ4n) is 5.67. The summed E-state index contributed by atoms with van der Waals surface area (Å²) in [5.74, 6) is 0.842. The number of carbonyl (C=O) groups is 2. The molecule has 2 amide bonds. The zero-order chi connectivity index (χ0) is 34.6. The van der Waals surface area contributed by atoms with Gasteiger partial charge in [0.2, 0.25) is 0 Å². The highest BCUT2D eigenvalue weighted by Crippen LogP contribution is 2.39. The minimum Gasteiger partial charge on any atom is -0.490 e. The largest absolute Gasteiger partial charge is 0.490 e. The number of benzene rings is 3. The Morgan fingerprint density at radius 2 is 1.52 bits per heavy atom. The summed E-state index contributed by atoms with van der Waals surface area (Å²) in [4.78, 5) is 31.5. The molecule has 256 valence electrons. The van der Waals surface area contributed by atoms with Gasteiger partial charge < -0.3 is 24.8 Å². The Labute approximate surface area is 301 Å². The third-order valence-corrected chi connectivity index (χ3v) is 9.51. The molecule has 0 radical (unpaired) electrons. The molecular weight excluding hydrogens is 696 g/mol. The number of amides is 2. The van der Waals surface area contributed by atoms with E-state index in [9.17, 15) is 9.59 Å². The fraction of sp³-hybridized carbons (Fsp3) is 0.389. The number of nitrogens with zero attached hydrogens (tertiary/aromatic N) is 2. The third-order valence-electron chi connectivity index (χ3n) is 8.06. The van der Waals surface area contributed by atoms with Gasteiger partial charge in [-0.2, -0.15) is 0 Å². The van der Waals surface area contributed by atoms with Crippen molar-refractivity contribution in [3.8, 4) is 11.5 Å². The van der Waals surface area contributed by atoms with Gasteiger partial charge in [0.1, 0.15) is 24.6 Å². The predicted molar refractivity (Wildman–Crippen MR) is 191 cm³/mol. The summed E-state index contributed by atoms with van der Waals surface area (Å²) in [6.45, 7) is 6.58. The van der Waals surface area contributed by atoms with Crippen molar-refractivity contribution in [3.05, 3.63) is 97.5 Å². The normalized spacial score (nSPS) is 16.5. The number of hydrogen-bond acceptors (Lipinski definition) is 6. The minimum absolute atomic E-state index is 0.0373. The molecule has 48 heavy (non-hydrogen) atoms. The molecular formula is C36H39Cl4N3O5. The quantitative estimate of drug-likeness (QED) is 0.198. The highest BCUT2D eigenvalue weighted by molar-refractivity contribution is 6.42. The zero-order valence-corrected chi connectivity index (χ0v) is 30.1. The van der Waals surface area contributed by atoms with Gasteiger partial charge in [0.15, 0.2) is 5.75 Å². The molecule has 5 rings (SSSR count). The van der Waals surface area contributed by atoms with Crippen LogP contribution in [0, 0.1) is 0 Å². The molecule has 1 fully saturated rings. The van der Waals surface area contributed by atoms with E-state index in [4.69, 9.17) is 66.3 Å². The van der Waals surface area contributed by atoms with Crippen molar-refractivity contribution in [2.24, 2.45) is 5.73 Å². The first-order valence-electron chi connectivity index (χ1n) is 15.8. The molecule has 3 aromatic carbocycles. The second-order valence-electron chi connectivity index (χ2n) is 12.7. The SMILES string of the molecule is CC(C)(C)OC(=O)N1CCC(c2ccc(OCCOc3c(Cl)cccc3Cl)cc2)=C(C(=O)N(Cc2cccc(Cl)c2Cl)C2CC2)[C@H]1CN. The van der Waals surface area contributed by atoms with Crippen LogP contribution in [0.3, 0.4) is 0 Å². The molecule has 8 nitrogen and oxygen atoms in total. The summed E-state index contributed by atoms with van der Waals surface area (Å²) in [5, 5.41) is 1.69. The second-order valence-corrected chi connectivity index (χ2v) is 14.3. The van der Waals surface area contributed by atoms with Gasteiger partial charge in [-0.3, -0.25) is 9.69 Å². The number of halogens is 4. The zero-order valence-electron chi connectivity index (χ0n) is 27.1. The summed E-state index contributed by atoms with van der Waals surface area (Å²) >= 11 is 25.3. The van der Waals surface area contributed by atoms with Gasteiger partial charge in [0, 0.05) is 31.2 Å². The van der Waals surface area contributed by atoms with Gasteiger partial charge in [-0.15, -0.1) is 0 Å². The molecule has 1 saturated carbocycles. The molecule has 12 heteroatoms. The van der Waals surface area contributed by atoms with Crippen LogP contribution < -0.4 is 15.2 Å². The van der Waals surface area contributed by atoms with Gasteiger partial charge in [-0.25, -0.2) is 4.79 Å². The number of carbonyl (C=O) groups excluding carboxylic acids is 2.